The van der Waals surface area contributed by atoms with Gasteiger partial charge in [-0.15, -0.1) is 0 Å². The summed E-state index contributed by atoms with van der Waals surface area (Å²) in [5.41, 5.74) is 0. The summed E-state index contributed by atoms with van der Waals surface area (Å²) in [6.45, 7) is 3.43. The molecule has 0 saturated heterocycles. The predicted molar refractivity (Wildman–Crippen MR) is 35.5 cm³/mol. The van der Waals surface area contributed by atoms with Crippen molar-refractivity contribution >= 4 is 5.78 Å². The fraction of sp³-hybridized carbons (Fsp3) is 0.571. The standard InChI is InChI=1S/C7H10O3.Fe/c1-3-5-7(9)6(8)4(2)10-5;/h5,8H,3H2,1-2H3;. The van der Waals surface area contributed by atoms with Gasteiger partial charge in [0.2, 0.25) is 11.5 Å². The number of rotatable bonds is 1. The molecular weight excluding hydrogens is 188 g/mol. The number of hydrogen-bond acceptors (Lipinski definition) is 3. The summed E-state index contributed by atoms with van der Waals surface area (Å²) in [5, 5.41) is 8.97. The normalized spacial score (nSPS) is 23.1. The molecule has 1 heterocycles. The molecule has 1 N–H and O–H groups in total. The van der Waals surface area contributed by atoms with Crippen LogP contribution in [-0.2, 0) is 26.6 Å². The molecule has 11 heavy (non-hydrogen) atoms. The molecule has 3 nitrogen and oxygen atoms in total. The molecule has 0 aromatic rings. The maximum atomic E-state index is 10.9. The van der Waals surface area contributed by atoms with Gasteiger partial charge in [0.15, 0.2) is 6.10 Å². The van der Waals surface area contributed by atoms with E-state index in [1.54, 1.807) is 6.92 Å². The van der Waals surface area contributed by atoms with Gasteiger partial charge in [0.05, 0.1) is 0 Å². The molecule has 0 amide bonds. The van der Waals surface area contributed by atoms with Gasteiger partial charge in [-0.25, -0.2) is 0 Å². The largest absolute Gasteiger partial charge is 0.502 e. The van der Waals surface area contributed by atoms with Gasteiger partial charge < -0.3 is 9.84 Å². The van der Waals surface area contributed by atoms with Crippen molar-refractivity contribution in [2.45, 2.75) is 26.4 Å². The monoisotopic (exact) mass is 198 g/mol. The third-order valence-corrected chi connectivity index (χ3v) is 1.55. The van der Waals surface area contributed by atoms with Crippen LogP contribution in [0.3, 0.4) is 0 Å². The number of carbonyl (C=O) groups excluding carboxylic acids is 1. The minimum absolute atomic E-state index is 0. The van der Waals surface area contributed by atoms with Crippen LogP contribution in [0.1, 0.15) is 20.3 Å². The first-order chi connectivity index (χ1) is 4.66. The first kappa shape index (κ1) is 10.5. The van der Waals surface area contributed by atoms with E-state index >= 15 is 0 Å². The third-order valence-electron chi connectivity index (χ3n) is 1.55. The zero-order valence-corrected chi connectivity index (χ0v) is 7.51. The van der Waals surface area contributed by atoms with E-state index in [0.29, 0.717) is 12.2 Å². The van der Waals surface area contributed by atoms with E-state index in [2.05, 4.69) is 0 Å². The number of ketones is 1. The summed E-state index contributed by atoms with van der Waals surface area (Å²) in [6.07, 6.45) is 0.167. The summed E-state index contributed by atoms with van der Waals surface area (Å²) >= 11 is 0. The molecule has 1 aliphatic rings. The Balaban J connectivity index is 0.000001000. The molecule has 1 aliphatic heterocycles. The van der Waals surface area contributed by atoms with E-state index < -0.39 is 6.10 Å². The summed E-state index contributed by atoms with van der Waals surface area (Å²) < 4.78 is 5.02. The maximum absolute atomic E-state index is 10.9. The van der Waals surface area contributed by atoms with Crippen molar-refractivity contribution in [2.75, 3.05) is 0 Å². The van der Waals surface area contributed by atoms with Crippen LogP contribution in [0.25, 0.3) is 0 Å². The molecule has 0 radical (unpaired) electrons. The first-order valence-electron chi connectivity index (χ1n) is 3.27. The van der Waals surface area contributed by atoms with Crippen molar-refractivity contribution in [3.05, 3.63) is 11.5 Å². The Labute approximate surface area is 75.9 Å². The van der Waals surface area contributed by atoms with Crippen molar-refractivity contribution in [1.29, 1.82) is 0 Å². The maximum Gasteiger partial charge on any atom is 0.240 e. The third kappa shape index (κ3) is 1.76. The van der Waals surface area contributed by atoms with E-state index in [0.717, 1.165) is 0 Å². The van der Waals surface area contributed by atoms with Crippen molar-refractivity contribution < 1.29 is 31.7 Å². The van der Waals surface area contributed by atoms with E-state index in [-0.39, 0.29) is 28.6 Å². The van der Waals surface area contributed by atoms with Crippen LogP contribution in [0.5, 0.6) is 0 Å². The molecule has 1 atom stereocenters. The summed E-state index contributed by atoms with van der Waals surface area (Å²) in [7, 11) is 0. The zero-order valence-electron chi connectivity index (χ0n) is 6.40. The number of aliphatic hydroxyl groups is 1. The smallest absolute Gasteiger partial charge is 0.240 e. The SMILES string of the molecule is CCC1OC(C)=C(O)C1=O.[Fe]. The Morgan fingerprint density at radius 1 is 1.64 bits per heavy atom. The molecule has 4 heteroatoms. The molecule has 1 rings (SSSR count). The van der Waals surface area contributed by atoms with Crippen LogP contribution >= 0.6 is 0 Å². The van der Waals surface area contributed by atoms with Gasteiger partial charge in [0.25, 0.3) is 0 Å². The Kier molecular flexibility index (Phi) is 3.63. The van der Waals surface area contributed by atoms with Gasteiger partial charge in [0, 0.05) is 17.1 Å². The topological polar surface area (TPSA) is 46.5 Å². The molecule has 64 valence electrons. The van der Waals surface area contributed by atoms with E-state index in [1.807, 2.05) is 6.92 Å². The van der Waals surface area contributed by atoms with Crippen LogP contribution in [0.4, 0.5) is 0 Å². The Morgan fingerprint density at radius 2 is 2.18 bits per heavy atom. The molecule has 1 unspecified atom stereocenters. The Hall–Kier alpha value is -0.471. The van der Waals surface area contributed by atoms with Gasteiger partial charge in [-0.05, 0) is 13.3 Å². The summed E-state index contributed by atoms with van der Waals surface area (Å²) in [5.74, 6) is -0.163. The number of hydrogen-bond donors (Lipinski definition) is 1. The first-order valence-corrected chi connectivity index (χ1v) is 3.27. The van der Waals surface area contributed by atoms with Crippen LogP contribution in [0, 0.1) is 0 Å². The minimum Gasteiger partial charge on any atom is -0.502 e. The molecule has 0 aliphatic carbocycles. The number of Topliss-reactive ketones (excluding diaryl/α,β-unsaturated/α-hetero) is 1. The predicted octanol–water partition coefficient (Wildman–Crippen LogP) is 1.15. The molecule has 0 aromatic heterocycles. The van der Waals surface area contributed by atoms with Gasteiger partial charge in [-0.2, -0.15) is 0 Å². The Bertz CT molecular complexity index is 198. The van der Waals surface area contributed by atoms with Crippen LogP contribution < -0.4 is 0 Å². The zero-order chi connectivity index (χ0) is 7.72. The number of allylic oxidation sites excluding steroid dienone is 1. The number of carbonyl (C=O) groups is 1. The van der Waals surface area contributed by atoms with Crippen LogP contribution in [0.15, 0.2) is 11.5 Å². The van der Waals surface area contributed by atoms with Crippen molar-refractivity contribution in [3.8, 4) is 0 Å². The second-order valence-electron chi connectivity index (χ2n) is 2.28. The van der Waals surface area contributed by atoms with Gasteiger partial charge in [0.1, 0.15) is 5.76 Å². The summed E-state index contributed by atoms with van der Waals surface area (Å²) in [4.78, 5) is 10.9. The van der Waals surface area contributed by atoms with E-state index in [4.69, 9.17) is 9.84 Å². The van der Waals surface area contributed by atoms with Crippen molar-refractivity contribution in [3.63, 3.8) is 0 Å². The van der Waals surface area contributed by atoms with Gasteiger partial charge in [-0.1, -0.05) is 6.92 Å². The second kappa shape index (κ2) is 3.79. The average molecular weight is 198 g/mol. The van der Waals surface area contributed by atoms with Gasteiger partial charge in [-0.3, -0.25) is 4.79 Å². The number of ether oxygens (including phenoxy) is 1. The second-order valence-corrected chi connectivity index (χ2v) is 2.28. The van der Waals surface area contributed by atoms with Crippen molar-refractivity contribution in [1.82, 2.24) is 0 Å². The number of aliphatic hydroxyl groups excluding tert-OH is 1. The quantitative estimate of drug-likeness (QED) is 0.642. The van der Waals surface area contributed by atoms with Gasteiger partial charge >= 0.3 is 0 Å². The molecule has 0 fully saturated rings. The minimum atomic E-state index is -0.444. The van der Waals surface area contributed by atoms with Crippen molar-refractivity contribution in [2.24, 2.45) is 0 Å². The molecule has 0 saturated carbocycles. The molecule has 0 bridgehead atoms. The fourth-order valence-corrected chi connectivity index (χ4v) is 0.917. The van der Waals surface area contributed by atoms with Crippen LogP contribution in [0.2, 0.25) is 0 Å². The molecular formula is C7H10FeO3. The Morgan fingerprint density at radius 3 is 2.36 bits per heavy atom. The van der Waals surface area contributed by atoms with Crippen LogP contribution in [-0.4, -0.2) is 17.0 Å². The van der Waals surface area contributed by atoms with E-state index in [9.17, 15) is 4.79 Å². The fourth-order valence-electron chi connectivity index (χ4n) is 0.917. The molecule has 0 spiro atoms. The van der Waals surface area contributed by atoms with E-state index in [1.165, 1.54) is 0 Å². The molecule has 0 aromatic carbocycles. The summed E-state index contributed by atoms with van der Waals surface area (Å²) in [6, 6.07) is 0. The average Bonchev–Trinajstić information content (AvgIpc) is 2.17.